The molecule has 120 valence electrons. The van der Waals surface area contributed by atoms with E-state index in [0.29, 0.717) is 0 Å². The number of rotatable bonds is 4. The number of hydrogen-bond donors (Lipinski definition) is 2. The summed E-state index contributed by atoms with van der Waals surface area (Å²) in [4.78, 5) is 33.9. The molecule has 2 aliphatic rings. The summed E-state index contributed by atoms with van der Waals surface area (Å²) in [6, 6.07) is 3.83. The Balaban J connectivity index is 1.82. The first-order chi connectivity index (χ1) is 10.9. The Bertz CT molecular complexity index is 734. The highest BCUT2D eigenvalue weighted by Gasteiger charge is 2.53. The van der Waals surface area contributed by atoms with Crippen LogP contribution in [0.5, 0.6) is 0 Å². The molecule has 2 N–H and O–H groups in total. The van der Waals surface area contributed by atoms with E-state index in [4.69, 9.17) is 16.3 Å². The molecule has 1 aromatic carbocycles. The number of carbonyl (C=O) groups excluding carboxylic acids is 1. The standard InChI is InChI=1S/C14H11ClN2O6/c15-7-2-1-6(5-8(7)17(21)22)16-13(18)11-9-3-4-10(23-9)12(11)14(19)20/h1-5,9-12H,(H,16,18)(H,19,20)/t9-,10-,11+,12-/m0/s1. The van der Waals surface area contributed by atoms with E-state index in [1.807, 2.05) is 0 Å². The van der Waals surface area contributed by atoms with Crippen molar-refractivity contribution in [2.45, 2.75) is 12.2 Å². The van der Waals surface area contributed by atoms with Gasteiger partial charge in [-0.15, -0.1) is 0 Å². The quantitative estimate of drug-likeness (QED) is 0.491. The second-order valence-electron chi connectivity index (χ2n) is 5.25. The van der Waals surface area contributed by atoms with Crippen molar-refractivity contribution in [2.24, 2.45) is 11.8 Å². The molecule has 1 saturated heterocycles. The van der Waals surface area contributed by atoms with Gasteiger partial charge in [0.25, 0.3) is 5.69 Å². The second-order valence-corrected chi connectivity index (χ2v) is 5.66. The molecule has 2 aliphatic heterocycles. The Morgan fingerprint density at radius 1 is 1.26 bits per heavy atom. The number of nitrogens with one attached hydrogen (secondary N) is 1. The summed E-state index contributed by atoms with van der Waals surface area (Å²) < 4.78 is 5.42. The molecule has 0 saturated carbocycles. The third-order valence-electron chi connectivity index (χ3n) is 3.90. The lowest BCUT2D eigenvalue weighted by Gasteiger charge is -2.20. The molecular weight excluding hydrogens is 328 g/mol. The highest BCUT2D eigenvalue weighted by atomic mass is 35.5. The number of ether oxygens (including phenoxy) is 1. The Kier molecular flexibility index (Phi) is 3.78. The Labute approximate surface area is 134 Å². The number of aliphatic carboxylic acids is 1. The van der Waals surface area contributed by atoms with Gasteiger partial charge in [0.1, 0.15) is 10.9 Å². The van der Waals surface area contributed by atoms with Gasteiger partial charge in [-0.2, -0.15) is 0 Å². The van der Waals surface area contributed by atoms with E-state index in [1.54, 1.807) is 12.2 Å². The van der Waals surface area contributed by atoms with Gasteiger partial charge in [-0.1, -0.05) is 23.8 Å². The van der Waals surface area contributed by atoms with E-state index >= 15 is 0 Å². The maximum absolute atomic E-state index is 12.4. The minimum Gasteiger partial charge on any atom is -0.481 e. The molecular formula is C14H11ClN2O6. The van der Waals surface area contributed by atoms with E-state index in [1.165, 1.54) is 12.1 Å². The van der Waals surface area contributed by atoms with Crippen LogP contribution in [0.2, 0.25) is 5.02 Å². The molecule has 1 amide bonds. The van der Waals surface area contributed by atoms with Crippen molar-refractivity contribution in [1.82, 2.24) is 0 Å². The van der Waals surface area contributed by atoms with Crippen LogP contribution in [0.25, 0.3) is 0 Å². The summed E-state index contributed by atoms with van der Waals surface area (Å²) in [5.74, 6) is -3.56. The molecule has 1 aromatic rings. The van der Waals surface area contributed by atoms with Crippen LogP contribution in [0.1, 0.15) is 0 Å². The third-order valence-corrected chi connectivity index (χ3v) is 4.22. The van der Waals surface area contributed by atoms with Gasteiger partial charge in [0, 0.05) is 11.8 Å². The lowest BCUT2D eigenvalue weighted by atomic mass is 9.82. The first-order valence-corrected chi connectivity index (χ1v) is 7.07. The maximum Gasteiger partial charge on any atom is 0.310 e. The Morgan fingerprint density at radius 2 is 1.91 bits per heavy atom. The van der Waals surface area contributed by atoms with Crippen LogP contribution >= 0.6 is 11.6 Å². The van der Waals surface area contributed by atoms with Gasteiger partial charge in [-0.05, 0) is 12.1 Å². The number of carboxylic acids is 1. The predicted octanol–water partition coefficient (Wildman–Crippen LogP) is 1.84. The van der Waals surface area contributed by atoms with Crippen LogP contribution in [-0.4, -0.2) is 34.1 Å². The van der Waals surface area contributed by atoms with Crippen LogP contribution in [0.4, 0.5) is 11.4 Å². The zero-order chi connectivity index (χ0) is 16.7. The highest BCUT2D eigenvalue weighted by molar-refractivity contribution is 6.32. The molecule has 8 nitrogen and oxygen atoms in total. The zero-order valence-corrected chi connectivity index (χ0v) is 12.3. The molecule has 4 atom stereocenters. The minimum absolute atomic E-state index is 0.0531. The maximum atomic E-state index is 12.4. The van der Waals surface area contributed by atoms with Crippen molar-refractivity contribution in [1.29, 1.82) is 0 Å². The Hall–Kier alpha value is -2.45. The van der Waals surface area contributed by atoms with Crippen molar-refractivity contribution in [3.05, 3.63) is 45.5 Å². The van der Waals surface area contributed by atoms with Crippen LogP contribution in [0.15, 0.2) is 30.4 Å². The molecule has 0 unspecified atom stereocenters. The lowest BCUT2D eigenvalue weighted by molar-refractivity contribution is -0.384. The topological polar surface area (TPSA) is 119 Å². The molecule has 0 spiro atoms. The number of carboxylic acid groups (broad SMARTS) is 1. The van der Waals surface area contributed by atoms with E-state index < -0.39 is 40.8 Å². The number of hydrogen-bond acceptors (Lipinski definition) is 5. The van der Waals surface area contributed by atoms with Crippen molar-refractivity contribution in [3.63, 3.8) is 0 Å². The average molecular weight is 339 g/mol. The van der Waals surface area contributed by atoms with Crippen LogP contribution in [0, 0.1) is 22.0 Å². The summed E-state index contributed by atoms with van der Waals surface area (Å²) in [5.41, 5.74) is -0.176. The lowest BCUT2D eigenvalue weighted by Crippen LogP contribution is -2.39. The van der Waals surface area contributed by atoms with Crippen LogP contribution < -0.4 is 5.32 Å². The summed E-state index contributed by atoms with van der Waals surface area (Å²) in [6.07, 6.45) is 2.04. The van der Waals surface area contributed by atoms with Crippen molar-refractivity contribution in [2.75, 3.05) is 5.32 Å². The van der Waals surface area contributed by atoms with Crippen molar-refractivity contribution < 1.29 is 24.4 Å². The highest BCUT2D eigenvalue weighted by Crippen LogP contribution is 2.40. The van der Waals surface area contributed by atoms with E-state index in [2.05, 4.69) is 5.32 Å². The number of nitrogens with zero attached hydrogens (tertiary/aromatic N) is 1. The monoisotopic (exact) mass is 338 g/mol. The molecule has 23 heavy (non-hydrogen) atoms. The van der Waals surface area contributed by atoms with Gasteiger partial charge in [0.2, 0.25) is 5.91 Å². The van der Waals surface area contributed by atoms with Crippen LogP contribution in [0.3, 0.4) is 0 Å². The molecule has 3 rings (SSSR count). The first kappa shape index (κ1) is 15.4. The largest absolute Gasteiger partial charge is 0.481 e. The molecule has 0 aliphatic carbocycles. The second kappa shape index (κ2) is 5.64. The van der Waals surface area contributed by atoms with Gasteiger partial charge in [0.15, 0.2) is 0 Å². The number of fused-ring (bicyclic) bond motifs is 2. The Morgan fingerprint density at radius 3 is 2.52 bits per heavy atom. The van der Waals surface area contributed by atoms with Gasteiger partial charge in [-0.25, -0.2) is 0 Å². The zero-order valence-electron chi connectivity index (χ0n) is 11.5. The van der Waals surface area contributed by atoms with Gasteiger partial charge < -0.3 is 15.2 Å². The van der Waals surface area contributed by atoms with Gasteiger partial charge in [0.05, 0.1) is 23.0 Å². The summed E-state index contributed by atoms with van der Waals surface area (Å²) in [5, 5.41) is 22.6. The number of nitro benzene ring substituents is 1. The van der Waals surface area contributed by atoms with E-state index in [0.717, 1.165) is 6.07 Å². The SMILES string of the molecule is O=C(O)[C@@H]1[C@H](C(=O)Nc2ccc(Cl)c([N+](=O)[O-])c2)[C@@H]2C=C[C@@H]1O2. The first-order valence-electron chi connectivity index (χ1n) is 6.70. The third kappa shape index (κ3) is 2.66. The fraction of sp³-hybridized carbons (Fsp3) is 0.286. The smallest absolute Gasteiger partial charge is 0.310 e. The molecule has 1 fully saturated rings. The molecule has 0 radical (unpaired) electrons. The molecule has 9 heteroatoms. The number of amides is 1. The minimum atomic E-state index is -1.12. The summed E-state index contributed by atoms with van der Waals surface area (Å²) in [6.45, 7) is 0. The van der Waals surface area contributed by atoms with E-state index in [-0.39, 0.29) is 16.4 Å². The summed E-state index contributed by atoms with van der Waals surface area (Å²) >= 11 is 5.71. The number of anilines is 1. The molecule has 2 bridgehead atoms. The fourth-order valence-corrected chi connectivity index (χ4v) is 3.06. The molecule has 2 heterocycles. The van der Waals surface area contributed by atoms with E-state index in [9.17, 15) is 24.8 Å². The predicted molar refractivity (Wildman–Crippen MR) is 79.2 cm³/mol. The number of halogens is 1. The van der Waals surface area contributed by atoms with Crippen LogP contribution in [-0.2, 0) is 14.3 Å². The van der Waals surface area contributed by atoms with Crippen molar-refractivity contribution in [3.8, 4) is 0 Å². The fourth-order valence-electron chi connectivity index (χ4n) is 2.87. The summed E-state index contributed by atoms with van der Waals surface area (Å²) in [7, 11) is 0. The van der Waals surface area contributed by atoms with Crippen molar-refractivity contribution >= 4 is 34.9 Å². The van der Waals surface area contributed by atoms with Gasteiger partial charge in [-0.3, -0.25) is 19.7 Å². The number of benzene rings is 1. The number of carbonyl (C=O) groups is 2. The number of nitro groups is 1. The van der Waals surface area contributed by atoms with Gasteiger partial charge >= 0.3 is 5.97 Å². The molecule has 0 aromatic heterocycles. The average Bonchev–Trinajstić information content (AvgIpc) is 3.09. The normalized spacial score (nSPS) is 27.9.